The van der Waals surface area contributed by atoms with Gasteiger partial charge in [0.25, 0.3) is 0 Å². The minimum atomic E-state index is -0.709. The number of aliphatic carboxylic acids is 1. The molecule has 4 heteroatoms. The monoisotopic (exact) mass is 375 g/mol. The molecule has 0 spiro atoms. The molecule has 3 atom stereocenters. The van der Waals surface area contributed by atoms with Crippen LogP contribution in [-0.4, -0.2) is 22.3 Å². The van der Waals surface area contributed by atoms with Gasteiger partial charge < -0.3 is 10.2 Å². The number of hydrogen-bond donors (Lipinski definition) is 2. The van der Waals surface area contributed by atoms with Crippen LogP contribution in [-0.2, 0) is 4.79 Å². The van der Waals surface area contributed by atoms with Crippen molar-refractivity contribution >= 4 is 5.97 Å². The zero-order valence-electron chi connectivity index (χ0n) is 17.1. The van der Waals surface area contributed by atoms with Crippen LogP contribution in [0.3, 0.4) is 0 Å². The maximum atomic E-state index is 10.3. The molecule has 0 aliphatic heterocycles. The highest BCUT2D eigenvalue weighted by Gasteiger charge is 2.40. The number of aliphatic hydroxyl groups excluding tert-OH is 1. The van der Waals surface area contributed by atoms with E-state index in [1.807, 2.05) is 19.1 Å². The maximum absolute atomic E-state index is 10.3. The first-order chi connectivity index (χ1) is 13.0. The average Bonchev–Trinajstić information content (AvgIpc) is 3.07. The molecular weight excluding hydrogens is 338 g/mol. The number of hydrogen-bond acceptors (Lipinski definition) is 3. The van der Waals surface area contributed by atoms with Crippen LogP contribution in [0.15, 0.2) is 24.3 Å². The lowest BCUT2D eigenvalue weighted by Crippen LogP contribution is -2.40. The summed E-state index contributed by atoms with van der Waals surface area (Å²) in [4.78, 5) is 9.94. The molecule has 0 heterocycles. The third-order valence-electron chi connectivity index (χ3n) is 6.18. The number of carboxylic acids is 1. The molecule has 0 radical (unpaired) electrons. The summed E-state index contributed by atoms with van der Waals surface area (Å²) in [5.41, 5.74) is 0.217. The highest BCUT2D eigenvalue weighted by molar-refractivity contribution is 5.66. The fourth-order valence-corrected chi connectivity index (χ4v) is 4.05. The Balaban J connectivity index is 0.000000345. The van der Waals surface area contributed by atoms with Gasteiger partial charge in [0.05, 0.1) is 12.2 Å². The number of nitriles is 1. The van der Waals surface area contributed by atoms with E-state index in [1.54, 1.807) is 0 Å². The Morgan fingerprint density at radius 1 is 1.33 bits per heavy atom. The Kier molecular flexibility index (Phi) is 11.0. The summed E-state index contributed by atoms with van der Waals surface area (Å²) in [6.07, 6.45) is 18.8. The summed E-state index contributed by atoms with van der Waals surface area (Å²) in [6.45, 7) is 4.13. The highest BCUT2D eigenvalue weighted by atomic mass is 16.4. The SMILES string of the molecule is C/C=C\CCCC(=O)O.CCC1(C(O)C/C=C/C2CCC(C#N)C2)CCC1. The second kappa shape index (κ2) is 12.7. The molecule has 0 bridgehead atoms. The molecule has 0 aromatic carbocycles. The van der Waals surface area contributed by atoms with Gasteiger partial charge in [0.2, 0.25) is 0 Å². The summed E-state index contributed by atoms with van der Waals surface area (Å²) >= 11 is 0. The fraction of sp³-hybridized carbons (Fsp3) is 0.739. The first kappa shape index (κ1) is 23.4. The number of unbranched alkanes of at least 4 members (excludes halogenated alkanes) is 1. The van der Waals surface area contributed by atoms with E-state index in [4.69, 9.17) is 10.4 Å². The van der Waals surface area contributed by atoms with Gasteiger partial charge >= 0.3 is 5.97 Å². The average molecular weight is 376 g/mol. The molecule has 2 fully saturated rings. The second-order valence-electron chi connectivity index (χ2n) is 8.00. The zero-order chi connectivity index (χ0) is 20.1. The van der Waals surface area contributed by atoms with Gasteiger partial charge in [-0.05, 0) is 76.0 Å². The normalized spacial score (nSPS) is 24.8. The van der Waals surface area contributed by atoms with Crippen LogP contribution >= 0.6 is 0 Å². The lowest BCUT2D eigenvalue weighted by molar-refractivity contribution is -0.137. The third-order valence-corrected chi connectivity index (χ3v) is 6.18. The van der Waals surface area contributed by atoms with Crippen LogP contribution < -0.4 is 0 Å². The van der Waals surface area contributed by atoms with Crippen molar-refractivity contribution < 1.29 is 15.0 Å². The molecular formula is C23H37NO3. The van der Waals surface area contributed by atoms with Crippen molar-refractivity contribution in [2.75, 3.05) is 0 Å². The van der Waals surface area contributed by atoms with Crippen LogP contribution in [0.2, 0.25) is 0 Å². The molecule has 2 aliphatic carbocycles. The summed E-state index contributed by atoms with van der Waals surface area (Å²) in [6, 6.07) is 2.36. The van der Waals surface area contributed by atoms with E-state index >= 15 is 0 Å². The van der Waals surface area contributed by atoms with E-state index in [0.29, 0.717) is 5.92 Å². The van der Waals surface area contributed by atoms with Gasteiger partial charge in [-0.1, -0.05) is 37.6 Å². The Labute approximate surface area is 165 Å². The Bertz CT molecular complexity index is 523. The summed E-state index contributed by atoms with van der Waals surface area (Å²) in [7, 11) is 0. The minimum absolute atomic E-state index is 0.166. The van der Waals surface area contributed by atoms with Gasteiger partial charge in [0.15, 0.2) is 0 Å². The van der Waals surface area contributed by atoms with E-state index in [9.17, 15) is 9.90 Å². The fourth-order valence-electron chi connectivity index (χ4n) is 4.05. The molecule has 2 aliphatic rings. The Hall–Kier alpha value is -1.60. The zero-order valence-corrected chi connectivity index (χ0v) is 17.1. The van der Waals surface area contributed by atoms with Gasteiger partial charge in [-0.15, -0.1) is 0 Å². The van der Waals surface area contributed by atoms with Crippen molar-refractivity contribution in [3.8, 4) is 6.07 Å². The number of rotatable bonds is 9. The van der Waals surface area contributed by atoms with Crippen LogP contribution in [0.4, 0.5) is 0 Å². The van der Waals surface area contributed by atoms with E-state index < -0.39 is 5.97 Å². The third kappa shape index (κ3) is 8.30. The van der Waals surface area contributed by atoms with Crippen molar-refractivity contribution in [2.45, 2.75) is 90.6 Å². The molecule has 2 rings (SSSR count). The Morgan fingerprint density at radius 2 is 2.07 bits per heavy atom. The summed E-state index contributed by atoms with van der Waals surface area (Å²) in [5, 5.41) is 27.3. The molecule has 0 aromatic heterocycles. The molecule has 2 N–H and O–H groups in total. The van der Waals surface area contributed by atoms with Crippen LogP contribution in [0, 0.1) is 28.6 Å². The van der Waals surface area contributed by atoms with Gasteiger partial charge in [0.1, 0.15) is 0 Å². The summed E-state index contributed by atoms with van der Waals surface area (Å²) in [5.74, 6) is 0.124. The highest BCUT2D eigenvalue weighted by Crippen LogP contribution is 2.47. The van der Waals surface area contributed by atoms with Crippen molar-refractivity contribution in [1.29, 1.82) is 5.26 Å². The topological polar surface area (TPSA) is 81.3 Å². The molecule has 4 nitrogen and oxygen atoms in total. The van der Waals surface area contributed by atoms with Crippen LogP contribution in [0.25, 0.3) is 0 Å². The number of nitrogens with zero attached hydrogens (tertiary/aromatic N) is 1. The standard InChI is InChI=1S/C16H25NO.C7H12O2/c1-2-16(9-4-10-16)15(18)6-3-5-13-7-8-14(11-13)12-17;1-2-3-4-5-6-7(8)9/h3,5,13-15,18H,2,4,6-11H2,1H3;2-3H,4-6H2,1H3,(H,8,9)/b5-3+;3-2-. The predicted octanol–water partition coefficient (Wildman–Crippen LogP) is 5.63. The number of carboxylic acid groups (broad SMARTS) is 1. The summed E-state index contributed by atoms with van der Waals surface area (Å²) < 4.78 is 0. The quantitative estimate of drug-likeness (QED) is 0.404. The first-order valence-electron chi connectivity index (χ1n) is 10.5. The predicted molar refractivity (Wildman–Crippen MR) is 109 cm³/mol. The van der Waals surface area contributed by atoms with Gasteiger partial charge in [-0.3, -0.25) is 4.79 Å². The molecule has 27 heavy (non-hydrogen) atoms. The first-order valence-corrected chi connectivity index (χ1v) is 10.5. The maximum Gasteiger partial charge on any atom is 0.303 e. The van der Waals surface area contributed by atoms with Crippen molar-refractivity contribution in [1.82, 2.24) is 0 Å². The molecule has 152 valence electrons. The van der Waals surface area contributed by atoms with Crippen molar-refractivity contribution in [3.05, 3.63) is 24.3 Å². The van der Waals surface area contributed by atoms with E-state index in [-0.39, 0.29) is 23.9 Å². The van der Waals surface area contributed by atoms with Gasteiger partial charge in [-0.2, -0.15) is 5.26 Å². The minimum Gasteiger partial charge on any atom is -0.481 e. The molecule has 2 saturated carbocycles. The lowest BCUT2D eigenvalue weighted by Gasteiger charge is -2.45. The molecule has 0 aromatic rings. The van der Waals surface area contributed by atoms with Gasteiger partial charge in [-0.25, -0.2) is 0 Å². The number of allylic oxidation sites excluding steroid dienone is 3. The molecule has 0 saturated heterocycles. The van der Waals surface area contributed by atoms with Crippen LogP contribution in [0.5, 0.6) is 0 Å². The van der Waals surface area contributed by atoms with Crippen molar-refractivity contribution in [3.63, 3.8) is 0 Å². The number of aliphatic hydroxyl groups is 1. The lowest BCUT2D eigenvalue weighted by atomic mass is 9.63. The van der Waals surface area contributed by atoms with Crippen molar-refractivity contribution in [2.24, 2.45) is 17.3 Å². The number of carbonyl (C=O) groups is 1. The van der Waals surface area contributed by atoms with Gasteiger partial charge in [0, 0.05) is 12.3 Å². The van der Waals surface area contributed by atoms with E-state index in [2.05, 4.69) is 25.1 Å². The largest absolute Gasteiger partial charge is 0.481 e. The second-order valence-corrected chi connectivity index (χ2v) is 8.00. The molecule has 3 unspecified atom stereocenters. The van der Waals surface area contributed by atoms with E-state index in [0.717, 1.165) is 44.9 Å². The smallest absolute Gasteiger partial charge is 0.303 e. The van der Waals surface area contributed by atoms with Crippen LogP contribution in [0.1, 0.15) is 84.5 Å². The van der Waals surface area contributed by atoms with E-state index in [1.165, 1.54) is 19.3 Å². The molecule has 0 amide bonds. The Morgan fingerprint density at radius 3 is 2.56 bits per heavy atom.